The predicted molar refractivity (Wildman–Crippen MR) is 90.4 cm³/mol. The molecule has 2 N–H and O–H groups in total. The molecule has 2 rings (SSSR count). The summed E-state index contributed by atoms with van der Waals surface area (Å²) in [6.45, 7) is 1.22. The number of rotatable bonds is 9. The van der Waals surface area contributed by atoms with Gasteiger partial charge in [0.2, 0.25) is 0 Å². The first kappa shape index (κ1) is 17.8. The van der Waals surface area contributed by atoms with Crippen LogP contribution in [0.15, 0.2) is 48.5 Å². The van der Waals surface area contributed by atoms with Crippen molar-refractivity contribution in [3.8, 4) is 23.8 Å². The maximum Gasteiger partial charge on any atom is 0.148 e. The van der Waals surface area contributed by atoms with Gasteiger partial charge in [-0.3, -0.25) is 0 Å². The number of hydrogen-bond acceptors (Lipinski definition) is 4. The van der Waals surface area contributed by atoms with Crippen molar-refractivity contribution in [3.63, 3.8) is 0 Å². The molecule has 4 nitrogen and oxygen atoms in total. The van der Waals surface area contributed by atoms with Gasteiger partial charge in [-0.2, -0.15) is 0 Å². The lowest BCUT2D eigenvalue weighted by molar-refractivity contribution is 0.106. The minimum Gasteiger partial charge on any atom is -0.491 e. The van der Waals surface area contributed by atoms with Gasteiger partial charge in [-0.15, -0.1) is 6.42 Å². The number of aliphatic hydroxyl groups is 1. The fourth-order valence-electron chi connectivity index (χ4n) is 2.07. The van der Waals surface area contributed by atoms with Crippen molar-refractivity contribution >= 4 is 0 Å². The Labute approximate surface area is 141 Å². The Hall–Kier alpha value is -2.55. The van der Waals surface area contributed by atoms with E-state index in [1.54, 1.807) is 0 Å². The van der Waals surface area contributed by atoms with E-state index in [2.05, 4.69) is 11.2 Å². The Balaban J connectivity index is 1.73. The second-order valence-electron chi connectivity index (χ2n) is 5.15. The molecule has 0 fully saturated rings. The molecule has 5 heteroatoms. The second kappa shape index (κ2) is 9.56. The third-order valence-corrected chi connectivity index (χ3v) is 3.24. The average Bonchev–Trinajstić information content (AvgIpc) is 2.60. The Morgan fingerprint density at radius 3 is 2.62 bits per heavy atom. The molecule has 0 aliphatic heterocycles. The lowest BCUT2D eigenvalue weighted by Crippen LogP contribution is -2.31. The van der Waals surface area contributed by atoms with Crippen LogP contribution in [0.4, 0.5) is 4.39 Å². The van der Waals surface area contributed by atoms with Crippen molar-refractivity contribution in [2.45, 2.75) is 12.6 Å². The van der Waals surface area contributed by atoms with Crippen LogP contribution in [-0.2, 0) is 6.54 Å². The van der Waals surface area contributed by atoms with Crippen molar-refractivity contribution in [1.29, 1.82) is 0 Å². The van der Waals surface area contributed by atoms with E-state index in [4.69, 9.17) is 15.9 Å². The number of halogens is 1. The van der Waals surface area contributed by atoms with E-state index < -0.39 is 6.10 Å². The van der Waals surface area contributed by atoms with E-state index in [9.17, 15) is 9.50 Å². The molecule has 0 saturated carbocycles. The molecule has 0 aromatic heterocycles. The van der Waals surface area contributed by atoms with Crippen molar-refractivity contribution in [3.05, 3.63) is 59.9 Å². The Morgan fingerprint density at radius 2 is 1.88 bits per heavy atom. The first-order chi connectivity index (χ1) is 11.7. The lowest BCUT2D eigenvalue weighted by atomic mass is 10.2. The van der Waals surface area contributed by atoms with Gasteiger partial charge in [0, 0.05) is 18.7 Å². The molecule has 0 bridgehead atoms. The van der Waals surface area contributed by atoms with Crippen LogP contribution >= 0.6 is 0 Å². The van der Waals surface area contributed by atoms with Crippen LogP contribution in [0.5, 0.6) is 11.5 Å². The van der Waals surface area contributed by atoms with E-state index in [-0.39, 0.29) is 19.0 Å². The number of hydrogen-bond donors (Lipinski definition) is 2. The molecule has 0 aliphatic rings. The first-order valence-electron chi connectivity index (χ1n) is 7.60. The van der Waals surface area contributed by atoms with Crippen LogP contribution in [0.2, 0.25) is 0 Å². The lowest BCUT2D eigenvalue weighted by Gasteiger charge is -2.14. The SMILES string of the molecule is C#CCOc1ccccc1CNCC(O)COc1ccc(F)cc1. The standard InChI is InChI=1S/C19H20FNO3/c1-2-11-23-19-6-4-3-5-15(19)12-21-13-17(22)14-24-18-9-7-16(20)8-10-18/h1,3-10,17,21-22H,11-14H2. The summed E-state index contributed by atoms with van der Waals surface area (Å²) in [5, 5.41) is 13.1. The molecular weight excluding hydrogens is 309 g/mol. The average molecular weight is 329 g/mol. The zero-order valence-corrected chi connectivity index (χ0v) is 13.2. The molecule has 2 aromatic rings. The second-order valence-corrected chi connectivity index (χ2v) is 5.15. The molecule has 1 atom stereocenters. The van der Waals surface area contributed by atoms with E-state index in [1.807, 2.05) is 24.3 Å². The number of ether oxygens (including phenoxy) is 2. The normalized spacial score (nSPS) is 11.5. The van der Waals surface area contributed by atoms with Crippen molar-refractivity contribution in [2.75, 3.05) is 19.8 Å². The molecule has 2 aromatic carbocycles. The molecule has 24 heavy (non-hydrogen) atoms. The molecule has 0 radical (unpaired) electrons. The molecule has 0 amide bonds. The quantitative estimate of drug-likeness (QED) is 0.694. The van der Waals surface area contributed by atoms with Gasteiger partial charge in [0.25, 0.3) is 0 Å². The number of aliphatic hydroxyl groups excluding tert-OH is 1. The molecule has 126 valence electrons. The summed E-state index contributed by atoms with van der Waals surface area (Å²) in [6.07, 6.45) is 4.51. The number of para-hydroxylation sites is 1. The van der Waals surface area contributed by atoms with Gasteiger partial charge in [0.15, 0.2) is 0 Å². The van der Waals surface area contributed by atoms with Gasteiger partial charge in [0.1, 0.15) is 36.6 Å². The first-order valence-corrected chi connectivity index (χ1v) is 7.60. The van der Waals surface area contributed by atoms with Gasteiger partial charge in [-0.25, -0.2) is 4.39 Å². The summed E-state index contributed by atoms with van der Waals surface area (Å²) in [5.41, 5.74) is 0.958. The molecule has 0 aliphatic carbocycles. The van der Waals surface area contributed by atoms with Crippen LogP contribution < -0.4 is 14.8 Å². The smallest absolute Gasteiger partial charge is 0.148 e. The van der Waals surface area contributed by atoms with Crippen molar-refractivity contribution in [2.24, 2.45) is 0 Å². The van der Waals surface area contributed by atoms with Crippen LogP contribution in [0.25, 0.3) is 0 Å². The van der Waals surface area contributed by atoms with Crippen molar-refractivity contribution < 1.29 is 19.0 Å². The van der Waals surface area contributed by atoms with Crippen LogP contribution in [0.3, 0.4) is 0 Å². The minimum absolute atomic E-state index is 0.119. The molecule has 1 unspecified atom stereocenters. The fourth-order valence-corrected chi connectivity index (χ4v) is 2.07. The van der Waals surface area contributed by atoms with Crippen LogP contribution in [-0.4, -0.2) is 31.0 Å². The van der Waals surface area contributed by atoms with E-state index in [0.29, 0.717) is 18.8 Å². The number of terminal acetylenes is 1. The van der Waals surface area contributed by atoms with Crippen LogP contribution in [0, 0.1) is 18.2 Å². The van der Waals surface area contributed by atoms with E-state index in [1.165, 1.54) is 24.3 Å². The number of benzene rings is 2. The summed E-state index contributed by atoms with van der Waals surface area (Å²) < 4.78 is 23.7. The van der Waals surface area contributed by atoms with Crippen LogP contribution in [0.1, 0.15) is 5.56 Å². The molecule has 0 heterocycles. The monoisotopic (exact) mass is 329 g/mol. The third-order valence-electron chi connectivity index (χ3n) is 3.24. The summed E-state index contributed by atoms with van der Waals surface area (Å²) in [6, 6.07) is 13.2. The Bertz CT molecular complexity index is 667. The third kappa shape index (κ3) is 5.92. The maximum absolute atomic E-state index is 12.8. The van der Waals surface area contributed by atoms with Gasteiger partial charge in [-0.1, -0.05) is 24.1 Å². The molecular formula is C19H20FNO3. The summed E-state index contributed by atoms with van der Waals surface area (Å²) in [5.74, 6) is 3.35. The van der Waals surface area contributed by atoms with Gasteiger partial charge in [0.05, 0.1) is 0 Å². The topological polar surface area (TPSA) is 50.7 Å². The van der Waals surface area contributed by atoms with Gasteiger partial charge in [-0.05, 0) is 30.3 Å². The minimum atomic E-state index is -0.686. The largest absolute Gasteiger partial charge is 0.491 e. The number of nitrogens with one attached hydrogen (secondary N) is 1. The van der Waals surface area contributed by atoms with E-state index in [0.717, 1.165) is 11.3 Å². The van der Waals surface area contributed by atoms with E-state index >= 15 is 0 Å². The highest BCUT2D eigenvalue weighted by molar-refractivity contribution is 5.33. The van der Waals surface area contributed by atoms with Gasteiger partial charge < -0.3 is 19.9 Å². The fraction of sp³-hybridized carbons (Fsp3) is 0.263. The molecule has 0 saturated heterocycles. The molecule has 0 spiro atoms. The summed E-state index contributed by atoms with van der Waals surface area (Å²) >= 11 is 0. The highest BCUT2D eigenvalue weighted by atomic mass is 19.1. The zero-order valence-electron chi connectivity index (χ0n) is 13.2. The van der Waals surface area contributed by atoms with Gasteiger partial charge >= 0.3 is 0 Å². The predicted octanol–water partition coefficient (Wildman–Crippen LogP) is 2.37. The Kier molecular flexibility index (Phi) is 7.09. The van der Waals surface area contributed by atoms with Crippen molar-refractivity contribution in [1.82, 2.24) is 5.32 Å². The highest BCUT2D eigenvalue weighted by Gasteiger charge is 2.07. The Morgan fingerprint density at radius 1 is 1.12 bits per heavy atom. The zero-order chi connectivity index (χ0) is 17.2. The highest BCUT2D eigenvalue weighted by Crippen LogP contribution is 2.17. The maximum atomic E-state index is 12.8. The summed E-state index contributed by atoms with van der Waals surface area (Å²) in [4.78, 5) is 0. The summed E-state index contributed by atoms with van der Waals surface area (Å²) in [7, 11) is 0.